The van der Waals surface area contributed by atoms with Gasteiger partial charge in [0.2, 0.25) is 0 Å². The van der Waals surface area contributed by atoms with Crippen LogP contribution in [0.1, 0.15) is 16.8 Å². The van der Waals surface area contributed by atoms with Crippen molar-refractivity contribution in [2.45, 2.75) is 12.5 Å². The van der Waals surface area contributed by atoms with Crippen LogP contribution >= 0.6 is 27.5 Å². The number of nitrogens with zero attached hydrogens (tertiary/aromatic N) is 2. The summed E-state index contributed by atoms with van der Waals surface area (Å²) in [5.41, 5.74) is 2.66. The predicted molar refractivity (Wildman–Crippen MR) is 111 cm³/mol. The fraction of sp³-hybridized carbons (Fsp3) is 0.200. The quantitative estimate of drug-likeness (QED) is 0.621. The number of hydrogen-bond acceptors (Lipinski definition) is 3. The number of H-pyrrole nitrogens is 1. The van der Waals surface area contributed by atoms with Crippen molar-refractivity contribution in [3.63, 3.8) is 0 Å². The van der Waals surface area contributed by atoms with Crippen LogP contribution in [0, 0.1) is 0 Å². The van der Waals surface area contributed by atoms with Gasteiger partial charge in [-0.15, -0.1) is 0 Å². The lowest BCUT2D eigenvalue weighted by atomic mass is 10.1. The zero-order valence-corrected chi connectivity index (χ0v) is 16.8. The van der Waals surface area contributed by atoms with Crippen LogP contribution in [0.5, 0.6) is 0 Å². The van der Waals surface area contributed by atoms with Crippen LogP contribution < -0.4 is 10.2 Å². The molecular formula is C20H18BrClN4O. The number of anilines is 1. The first-order valence-corrected chi connectivity index (χ1v) is 9.88. The first-order valence-electron chi connectivity index (χ1n) is 8.71. The molecule has 1 unspecified atom stereocenters. The second-order valence-electron chi connectivity index (χ2n) is 6.56. The third-order valence-electron chi connectivity index (χ3n) is 4.67. The standard InChI is InChI=1S/C20H18BrClN4O/c21-15-5-1-14(2-6-15)20(27)23-17-9-10-26(12-17)19-11-18(24-25-19)13-3-7-16(22)8-4-13/h1-8,11,17H,9-10,12H2,(H,23,27)(H,24,25). The van der Waals surface area contributed by atoms with Crippen molar-refractivity contribution in [3.05, 3.63) is 69.7 Å². The van der Waals surface area contributed by atoms with Crippen molar-refractivity contribution < 1.29 is 4.79 Å². The van der Waals surface area contributed by atoms with Gasteiger partial charge in [0.05, 0.1) is 5.69 Å². The predicted octanol–water partition coefficient (Wildman–Crippen LogP) is 4.50. The van der Waals surface area contributed by atoms with Crippen molar-refractivity contribution >= 4 is 39.3 Å². The van der Waals surface area contributed by atoms with Gasteiger partial charge >= 0.3 is 0 Å². The van der Waals surface area contributed by atoms with E-state index in [0.717, 1.165) is 41.1 Å². The first-order chi connectivity index (χ1) is 13.1. The Balaban J connectivity index is 1.39. The van der Waals surface area contributed by atoms with Gasteiger partial charge in [0, 0.05) is 40.3 Å². The zero-order chi connectivity index (χ0) is 18.8. The van der Waals surface area contributed by atoms with Crippen molar-refractivity contribution in [2.24, 2.45) is 0 Å². The molecule has 27 heavy (non-hydrogen) atoms. The van der Waals surface area contributed by atoms with Gasteiger partial charge in [-0.05, 0) is 48.4 Å². The number of benzene rings is 2. The van der Waals surface area contributed by atoms with E-state index in [2.05, 4.69) is 36.3 Å². The van der Waals surface area contributed by atoms with Crippen LogP contribution in [0.2, 0.25) is 5.02 Å². The van der Waals surface area contributed by atoms with Gasteiger partial charge in [-0.1, -0.05) is 39.7 Å². The van der Waals surface area contributed by atoms with Gasteiger partial charge in [0.25, 0.3) is 5.91 Å². The summed E-state index contributed by atoms with van der Waals surface area (Å²) >= 11 is 9.33. The van der Waals surface area contributed by atoms with E-state index in [-0.39, 0.29) is 11.9 Å². The van der Waals surface area contributed by atoms with Gasteiger partial charge in [0.1, 0.15) is 0 Å². The van der Waals surface area contributed by atoms with E-state index < -0.39 is 0 Å². The van der Waals surface area contributed by atoms with E-state index in [1.807, 2.05) is 54.6 Å². The second kappa shape index (κ2) is 7.74. The van der Waals surface area contributed by atoms with Gasteiger partial charge in [-0.25, -0.2) is 0 Å². The second-order valence-corrected chi connectivity index (χ2v) is 7.91. The molecule has 2 N–H and O–H groups in total. The van der Waals surface area contributed by atoms with E-state index in [4.69, 9.17) is 11.6 Å². The van der Waals surface area contributed by atoms with Crippen LogP contribution in [-0.2, 0) is 0 Å². The van der Waals surface area contributed by atoms with Gasteiger partial charge in [-0.3, -0.25) is 9.89 Å². The van der Waals surface area contributed by atoms with Crippen molar-refractivity contribution in [1.29, 1.82) is 0 Å². The number of carbonyl (C=O) groups excluding carboxylic acids is 1. The summed E-state index contributed by atoms with van der Waals surface area (Å²) in [5.74, 6) is 0.846. The Hall–Kier alpha value is -2.31. The number of halogens is 2. The summed E-state index contributed by atoms with van der Waals surface area (Å²) in [5, 5.41) is 11.3. The molecule has 1 saturated heterocycles. The maximum absolute atomic E-state index is 12.4. The maximum Gasteiger partial charge on any atom is 0.251 e. The normalized spacial score (nSPS) is 16.5. The molecule has 1 atom stereocenters. The van der Waals surface area contributed by atoms with E-state index in [1.54, 1.807) is 0 Å². The lowest BCUT2D eigenvalue weighted by Gasteiger charge is -2.16. The Bertz CT molecular complexity index is 939. The van der Waals surface area contributed by atoms with Crippen LogP contribution in [0.3, 0.4) is 0 Å². The Morgan fingerprint density at radius 3 is 2.67 bits per heavy atom. The fourth-order valence-corrected chi connectivity index (χ4v) is 3.60. The average Bonchev–Trinajstić information content (AvgIpc) is 3.32. The number of amides is 1. The van der Waals surface area contributed by atoms with E-state index in [1.165, 1.54) is 0 Å². The number of hydrogen-bond donors (Lipinski definition) is 2. The molecule has 2 aromatic carbocycles. The summed E-state index contributed by atoms with van der Waals surface area (Å²) in [7, 11) is 0. The van der Waals surface area contributed by atoms with E-state index in [9.17, 15) is 4.79 Å². The van der Waals surface area contributed by atoms with Crippen LogP contribution in [0.15, 0.2) is 59.1 Å². The molecule has 7 heteroatoms. The summed E-state index contributed by atoms with van der Waals surface area (Å²) in [6.45, 7) is 1.60. The molecule has 3 aromatic rings. The number of rotatable bonds is 4. The van der Waals surface area contributed by atoms with Crippen LogP contribution in [-0.4, -0.2) is 35.2 Å². The molecule has 2 heterocycles. The molecule has 0 aliphatic carbocycles. The summed E-state index contributed by atoms with van der Waals surface area (Å²) < 4.78 is 0.959. The maximum atomic E-state index is 12.4. The highest BCUT2D eigenvalue weighted by molar-refractivity contribution is 9.10. The third-order valence-corrected chi connectivity index (χ3v) is 5.45. The van der Waals surface area contributed by atoms with Crippen molar-refractivity contribution in [1.82, 2.24) is 15.5 Å². The third kappa shape index (κ3) is 4.17. The minimum absolute atomic E-state index is 0.0433. The molecule has 1 aliphatic heterocycles. The average molecular weight is 446 g/mol. The summed E-state index contributed by atoms with van der Waals surface area (Å²) in [4.78, 5) is 14.6. The minimum Gasteiger partial charge on any atom is -0.353 e. The molecule has 5 nitrogen and oxygen atoms in total. The molecule has 138 valence electrons. The molecular weight excluding hydrogens is 428 g/mol. The molecule has 0 radical (unpaired) electrons. The van der Waals surface area contributed by atoms with E-state index in [0.29, 0.717) is 10.6 Å². The molecule has 1 amide bonds. The molecule has 0 bridgehead atoms. The number of aromatic nitrogens is 2. The zero-order valence-electron chi connectivity index (χ0n) is 14.5. The molecule has 0 spiro atoms. The highest BCUT2D eigenvalue weighted by Crippen LogP contribution is 2.25. The number of carbonyl (C=O) groups is 1. The Kier molecular flexibility index (Phi) is 5.18. The number of aromatic amines is 1. The first kappa shape index (κ1) is 18.1. The lowest BCUT2D eigenvalue weighted by molar-refractivity contribution is 0.0940. The summed E-state index contributed by atoms with van der Waals surface area (Å²) in [6.07, 6.45) is 0.894. The molecule has 4 rings (SSSR count). The highest BCUT2D eigenvalue weighted by atomic mass is 79.9. The molecule has 1 aromatic heterocycles. The smallest absolute Gasteiger partial charge is 0.251 e. The summed E-state index contributed by atoms with van der Waals surface area (Å²) in [6, 6.07) is 17.2. The Morgan fingerprint density at radius 1 is 1.19 bits per heavy atom. The molecule has 1 fully saturated rings. The largest absolute Gasteiger partial charge is 0.353 e. The lowest BCUT2D eigenvalue weighted by Crippen LogP contribution is -2.37. The number of nitrogens with one attached hydrogen (secondary N) is 2. The topological polar surface area (TPSA) is 61.0 Å². The fourth-order valence-electron chi connectivity index (χ4n) is 3.21. The van der Waals surface area contributed by atoms with Crippen LogP contribution in [0.25, 0.3) is 11.3 Å². The van der Waals surface area contributed by atoms with Gasteiger partial charge in [0.15, 0.2) is 5.82 Å². The monoisotopic (exact) mass is 444 g/mol. The highest BCUT2D eigenvalue weighted by Gasteiger charge is 2.26. The van der Waals surface area contributed by atoms with Crippen molar-refractivity contribution in [3.8, 4) is 11.3 Å². The van der Waals surface area contributed by atoms with Crippen molar-refractivity contribution in [2.75, 3.05) is 18.0 Å². The SMILES string of the molecule is O=C(NC1CCN(c2cc(-c3ccc(Cl)cc3)[nH]n2)C1)c1ccc(Br)cc1. The Morgan fingerprint density at radius 2 is 1.93 bits per heavy atom. The van der Waals surface area contributed by atoms with E-state index >= 15 is 0 Å². The minimum atomic E-state index is -0.0433. The molecule has 0 saturated carbocycles. The van der Waals surface area contributed by atoms with Crippen LogP contribution in [0.4, 0.5) is 5.82 Å². The molecule has 1 aliphatic rings. The Labute approximate surface area is 170 Å². The van der Waals surface area contributed by atoms with Gasteiger partial charge < -0.3 is 10.2 Å². The van der Waals surface area contributed by atoms with Gasteiger partial charge in [-0.2, -0.15) is 5.10 Å².